The van der Waals surface area contributed by atoms with Crippen LogP contribution in [0.15, 0.2) is 5.51 Å². The third-order valence-corrected chi connectivity index (χ3v) is 5.06. The highest BCUT2D eigenvalue weighted by Gasteiger charge is 2.23. The van der Waals surface area contributed by atoms with Crippen LogP contribution in [0.2, 0.25) is 0 Å². The zero-order valence-corrected chi connectivity index (χ0v) is 12.6. The Morgan fingerprint density at radius 3 is 3.11 bits per heavy atom. The van der Waals surface area contributed by atoms with Crippen LogP contribution < -0.4 is 5.32 Å². The summed E-state index contributed by atoms with van der Waals surface area (Å²) in [5.74, 6) is 0.798. The van der Waals surface area contributed by atoms with E-state index in [1.54, 1.807) is 11.3 Å². The quantitative estimate of drug-likeness (QED) is 0.889. The summed E-state index contributed by atoms with van der Waals surface area (Å²) in [6.07, 6.45) is 2.72. The van der Waals surface area contributed by atoms with E-state index in [0.717, 1.165) is 12.5 Å². The Balaban J connectivity index is 1.80. The lowest BCUT2D eigenvalue weighted by atomic mass is 9.91. The van der Waals surface area contributed by atoms with Crippen LogP contribution in [-0.2, 0) is 6.54 Å². The smallest absolute Gasteiger partial charge is 0.0798 e. The van der Waals surface area contributed by atoms with E-state index in [1.807, 2.05) is 5.51 Å². The summed E-state index contributed by atoms with van der Waals surface area (Å²) >= 11 is 1.76. The highest BCUT2D eigenvalue weighted by Crippen LogP contribution is 2.20. The van der Waals surface area contributed by atoms with Crippen molar-refractivity contribution in [3.8, 4) is 0 Å². The fraction of sp³-hybridized carbons (Fsp3) is 0.786. The predicted octanol–water partition coefficient (Wildman–Crippen LogP) is 2.66. The minimum Gasteiger partial charge on any atom is -0.309 e. The summed E-state index contributed by atoms with van der Waals surface area (Å²) < 4.78 is 0. The summed E-state index contributed by atoms with van der Waals surface area (Å²) in [6.45, 7) is 11.4. The first-order valence-electron chi connectivity index (χ1n) is 7.05. The molecule has 0 aliphatic carbocycles. The van der Waals surface area contributed by atoms with Gasteiger partial charge in [-0.1, -0.05) is 6.92 Å². The SMILES string of the molecule is CCN1CCCC(C(C)NCc2scnc2C)C1. The second kappa shape index (κ2) is 6.64. The maximum absolute atomic E-state index is 4.30. The van der Waals surface area contributed by atoms with Crippen LogP contribution in [0, 0.1) is 12.8 Å². The number of aryl methyl sites for hydroxylation is 1. The maximum Gasteiger partial charge on any atom is 0.0798 e. The molecule has 1 saturated heterocycles. The molecule has 0 spiro atoms. The van der Waals surface area contributed by atoms with E-state index in [4.69, 9.17) is 0 Å². The lowest BCUT2D eigenvalue weighted by molar-refractivity contribution is 0.157. The van der Waals surface area contributed by atoms with Gasteiger partial charge in [-0.15, -0.1) is 11.3 Å². The molecule has 1 aromatic heterocycles. The predicted molar refractivity (Wildman–Crippen MR) is 78.0 cm³/mol. The van der Waals surface area contributed by atoms with Crippen LogP contribution in [0.5, 0.6) is 0 Å². The summed E-state index contributed by atoms with van der Waals surface area (Å²) in [4.78, 5) is 8.26. The number of likely N-dealkylation sites (tertiary alicyclic amines) is 1. The number of rotatable bonds is 5. The third-order valence-electron chi connectivity index (χ3n) is 4.13. The van der Waals surface area contributed by atoms with E-state index in [1.165, 1.54) is 43.0 Å². The summed E-state index contributed by atoms with van der Waals surface area (Å²) in [6, 6.07) is 0.598. The molecule has 1 aromatic rings. The monoisotopic (exact) mass is 267 g/mol. The zero-order valence-electron chi connectivity index (χ0n) is 11.8. The average Bonchev–Trinajstić information content (AvgIpc) is 2.81. The maximum atomic E-state index is 4.30. The van der Waals surface area contributed by atoms with Crippen molar-refractivity contribution in [1.29, 1.82) is 0 Å². The highest BCUT2D eigenvalue weighted by atomic mass is 32.1. The molecule has 1 aliphatic heterocycles. The Morgan fingerprint density at radius 2 is 2.44 bits per heavy atom. The molecule has 0 radical (unpaired) electrons. The molecule has 2 heterocycles. The third kappa shape index (κ3) is 3.53. The standard InChI is InChI=1S/C14H25N3S/c1-4-17-7-5-6-13(9-17)11(2)15-8-14-12(3)16-10-18-14/h10-11,13,15H,4-9H2,1-3H3. The Bertz CT molecular complexity index is 364. The Morgan fingerprint density at radius 1 is 1.61 bits per heavy atom. The molecule has 2 atom stereocenters. The van der Waals surface area contributed by atoms with Crippen molar-refractivity contribution >= 4 is 11.3 Å². The van der Waals surface area contributed by atoms with E-state index < -0.39 is 0 Å². The van der Waals surface area contributed by atoms with Gasteiger partial charge in [-0.3, -0.25) is 0 Å². The van der Waals surface area contributed by atoms with Gasteiger partial charge in [0, 0.05) is 24.0 Å². The molecule has 1 fully saturated rings. The van der Waals surface area contributed by atoms with E-state index in [-0.39, 0.29) is 0 Å². The van der Waals surface area contributed by atoms with E-state index in [9.17, 15) is 0 Å². The van der Waals surface area contributed by atoms with Gasteiger partial charge in [-0.25, -0.2) is 4.98 Å². The van der Waals surface area contributed by atoms with Gasteiger partial charge < -0.3 is 10.2 Å². The van der Waals surface area contributed by atoms with Crippen LogP contribution in [0.3, 0.4) is 0 Å². The fourth-order valence-corrected chi connectivity index (χ4v) is 3.43. The van der Waals surface area contributed by atoms with Gasteiger partial charge in [0.05, 0.1) is 11.2 Å². The molecule has 0 amide bonds. The number of hydrogen-bond donors (Lipinski definition) is 1. The second-order valence-electron chi connectivity index (χ2n) is 5.33. The normalized spacial score (nSPS) is 23.2. The number of aromatic nitrogens is 1. The van der Waals surface area contributed by atoms with Crippen LogP contribution in [-0.4, -0.2) is 35.6 Å². The van der Waals surface area contributed by atoms with Crippen molar-refractivity contribution in [2.24, 2.45) is 5.92 Å². The molecule has 102 valence electrons. The molecule has 18 heavy (non-hydrogen) atoms. The van der Waals surface area contributed by atoms with E-state index >= 15 is 0 Å². The van der Waals surface area contributed by atoms with Crippen molar-refractivity contribution in [3.05, 3.63) is 16.1 Å². The van der Waals surface area contributed by atoms with Gasteiger partial charge in [0.15, 0.2) is 0 Å². The average molecular weight is 267 g/mol. The molecule has 4 heteroatoms. The largest absolute Gasteiger partial charge is 0.309 e. The lowest BCUT2D eigenvalue weighted by Crippen LogP contribution is -2.44. The summed E-state index contributed by atoms with van der Waals surface area (Å²) in [5.41, 5.74) is 3.12. The van der Waals surface area contributed by atoms with Gasteiger partial charge in [-0.05, 0) is 45.7 Å². The van der Waals surface area contributed by atoms with Gasteiger partial charge in [0.1, 0.15) is 0 Å². The highest BCUT2D eigenvalue weighted by molar-refractivity contribution is 7.09. The first kappa shape index (κ1) is 14.0. The number of nitrogens with one attached hydrogen (secondary N) is 1. The van der Waals surface area contributed by atoms with Gasteiger partial charge >= 0.3 is 0 Å². The summed E-state index contributed by atoms with van der Waals surface area (Å²) in [7, 11) is 0. The lowest BCUT2D eigenvalue weighted by Gasteiger charge is -2.35. The molecular weight excluding hydrogens is 242 g/mol. The Hall–Kier alpha value is -0.450. The first-order chi connectivity index (χ1) is 8.70. The molecule has 2 unspecified atom stereocenters. The van der Waals surface area contributed by atoms with Crippen molar-refractivity contribution in [3.63, 3.8) is 0 Å². The number of hydrogen-bond acceptors (Lipinski definition) is 4. The Kier molecular flexibility index (Phi) is 5.15. The van der Waals surface area contributed by atoms with Crippen LogP contribution in [0.25, 0.3) is 0 Å². The van der Waals surface area contributed by atoms with Gasteiger partial charge in [0.2, 0.25) is 0 Å². The van der Waals surface area contributed by atoms with E-state index in [0.29, 0.717) is 6.04 Å². The summed E-state index contributed by atoms with van der Waals surface area (Å²) in [5, 5.41) is 3.68. The van der Waals surface area contributed by atoms with Crippen LogP contribution >= 0.6 is 11.3 Å². The van der Waals surface area contributed by atoms with Gasteiger partial charge in [-0.2, -0.15) is 0 Å². The molecule has 1 aliphatic rings. The molecule has 2 rings (SSSR count). The molecule has 1 N–H and O–H groups in total. The Labute approximate surface area is 115 Å². The molecule has 0 saturated carbocycles. The van der Waals surface area contributed by atoms with E-state index in [2.05, 4.69) is 36.0 Å². The first-order valence-corrected chi connectivity index (χ1v) is 7.93. The minimum atomic E-state index is 0.598. The topological polar surface area (TPSA) is 28.2 Å². The molecule has 3 nitrogen and oxygen atoms in total. The molecule has 0 aromatic carbocycles. The fourth-order valence-electron chi connectivity index (χ4n) is 2.70. The molecule has 0 bridgehead atoms. The number of thiazole rings is 1. The van der Waals surface area contributed by atoms with Crippen molar-refractivity contribution in [1.82, 2.24) is 15.2 Å². The van der Waals surface area contributed by atoms with Crippen molar-refractivity contribution < 1.29 is 0 Å². The van der Waals surface area contributed by atoms with Crippen LogP contribution in [0.4, 0.5) is 0 Å². The minimum absolute atomic E-state index is 0.598. The number of piperidine rings is 1. The van der Waals surface area contributed by atoms with Crippen molar-refractivity contribution in [2.45, 2.75) is 46.2 Å². The zero-order chi connectivity index (χ0) is 13.0. The van der Waals surface area contributed by atoms with Gasteiger partial charge in [0.25, 0.3) is 0 Å². The van der Waals surface area contributed by atoms with Crippen molar-refractivity contribution in [2.75, 3.05) is 19.6 Å². The number of nitrogens with zero attached hydrogens (tertiary/aromatic N) is 2. The van der Waals surface area contributed by atoms with Crippen LogP contribution in [0.1, 0.15) is 37.3 Å². The molecular formula is C14H25N3S. The second-order valence-corrected chi connectivity index (χ2v) is 6.27.